The van der Waals surface area contributed by atoms with Crippen LogP contribution in [0.4, 0.5) is 0 Å². The third kappa shape index (κ3) is 4.33. The van der Waals surface area contributed by atoms with E-state index in [1.54, 1.807) is 12.1 Å². The van der Waals surface area contributed by atoms with Crippen molar-refractivity contribution in [2.45, 2.75) is 26.1 Å². The molecule has 0 aromatic heterocycles. The number of morpholine rings is 1. The summed E-state index contributed by atoms with van der Waals surface area (Å²) in [5.41, 5.74) is 0.675. The summed E-state index contributed by atoms with van der Waals surface area (Å²) in [4.78, 5) is 12.1. The van der Waals surface area contributed by atoms with Crippen LogP contribution in [0.3, 0.4) is 0 Å². The highest BCUT2D eigenvalue weighted by atomic mass is 16.5. The highest BCUT2D eigenvalue weighted by Crippen LogP contribution is 2.10. The zero-order valence-corrected chi connectivity index (χ0v) is 11.6. The lowest BCUT2D eigenvalue weighted by molar-refractivity contribution is -0.915. The Morgan fingerprint density at radius 2 is 1.89 bits per heavy atom. The van der Waals surface area contributed by atoms with Crippen LogP contribution in [-0.2, 0) is 4.74 Å². The third-order valence-corrected chi connectivity index (χ3v) is 3.36. The quantitative estimate of drug-likeness (QED) is 0.790. The minimum Gasteiger partial charge on any atom is -0.488 e. The summed E-state index contributed by atoms with van der Waals surface area (Å²) < 4.78 is 11.4. The van der Waals surface area contributed by atoms with Crippen molar-refractivity contribution in [2.75, 3.05) is 26.2 Å². The molecule has 4 nitrogen and oxygen atoms in total. The molecule has 19 heavy (non-hydrogen) atoms. The maximum atomic E-state index is 10.5. The van der Waals surface area contributed by atoms with E-state index in [1.165, 1.54) is 4.90 Å². The minimum atomic E-state index is 0.325. The summed E-state index contributed by atoms with van der Waals surface area (Å²) >= 11 is 0. The van der Waals surface area contributed by atoms with Crippen molar-refractivity contribution in [2.24, 2.45) is 0 Å². The van der Waals surface area contributed by atoms with Gasteiger partial charge >= 0.3 is 0 Å². The maximum absolute atomic E-state index is 10.5. The van der Waals surface area contributed by atoms with Crippen LogP contribution in [0.15, 0.2) is 24.3 Å². The van der Waals surface area contributed by atoms with E-state index in [-0.39, 0.29) is 0 Å². The van der Waals surface area contributed by atoms with Crippen LogP contribution in [-0.4, -0.2) is 44.7 Å². The molecule has 1 saturated heterocycles. The maximum Gasteiger partial charge on any atom is 0.150 e. The lowest BCUT2D eigenvalue weighted by Crippen LogP contribution is -3.16. The first kappa shape index (κ1) is 14.0. The van der Waals surface area contributed by atoms with Crippen molar-refractivity contribution >= 4 is 6.29 Å². The number of ether oxygens (including phenoxy) is 2. The molecule has 0 saturated carbocycles. The molecule has 1 aromatic carbocycles. The molecule has 0 spiro atoms. The summed E-state index contributed by atoms with van der Waals surface area (Å²) in [7, 11) is 0. The van der Waals surface area contributed by atoms with Gasteiger partial charge in [0, 0.05) is 5.56 Å². The molecule has 0 amide bonds. The zero-order valence-electron chi connectivity index (χ0n) is 11.6. The van der Waals surface area contributed by atoms with Crippen molar-refractivity contribution in [1.82, 2.24) is 0 Å². The van der Waals surface area contributed by atoms with E-state index in [9.17, 15) is 4.79 Å². The van der Waals surface area contributed by atoms with Gasteiger partial charge in [-0.25, -0.2) is 0 Å². The summed E-state index contributed by atoms with van der Waals surface area (Å²) in [5, 5.41) is 0. The topological polar surface area (TPSA) is 40.0 Å². The van der Waals surface area contributed by atoms with Crippen LogP contribution < -0.4 is 9.64 Å². The molecule has 3 atom stereocenters. The molecule has 1 fully saturated rings. The van der Waals surface area contributed by atoms with Gasteiger partial charge in [0.2, 0.25) is 0 Å². The van der Waals surface area contributed by atoms with Crippen molar-refractivity contribution in [3.63, 3.8) is 0 Å². The van der Waals surface area contributed by atoms with Gasteiger partial charge in [-0.15, -0.1) is 0 Å². The zero-order chi connectivity index (χ0) is 13.7. The van der Waals surface area contributed by atoms with Gasteiger partial charge in [0.1, 0.15) is 50.5 Å². The molecule has 1 heterocycles. The normalized spacial score (nSPS) is 26.9. The second-order valence-electron chi connectivity index (χ2n) is 5.20. The number of rotatable bonds is 5. The fourth-order valence-corrected chi connectivity index (χ4v) is 2.55. The Kier molecular flexibility index (Phi) is 4.93. The Labute approximate surface area is 114 Å². The average Bonchev–Trinajstić information content (AvgIpc) is 2.38. The largest absolute Gasteiger partial charge is 0.488 e. The van der Waals surface area contributed by atoms with Crippen molar-refractivity contribution in [1.29, 1.82) is 0 Å². The van der Waals surface area contributed by atoms with E-state index in [1.807, 2.05) is 12.1 Å². The van der Waals surface area contributed by atoms with Gasteiger partial charge in [-0.05, 0) is 38.1 Å². The molecule has 4 heteroatoms. The Bertz CT molecular complexity index is 394. The van der Waals surface area contributed by atoms with Crippen LogP contribution in [0, 0.1) is 0 Å². The number of carbonyl (C=O) groups is 1. The molecule has 1 aromatic rings. The van der Waals surface area contributed by atoms with Crippen molar-refractivity contribution in [3.8, 4) is 5.75 Å². The number of carbonyl (C=O) groups excluding carboxylic acids is 1. The van der Waals surface area contributed by atoms with Crippen LogP contribution in [0.5, 0.6) is 5.75 Å². The van der Waals surface area contributed by atoms with Gasteiger partial charge < -0.3 is 14.4 Å². The second kappa shape index (κ2) is 6.68. The summed E-state index contributed by atoms with van der Waals surface area (Å²) in [6.07, 6.45) is 1.49. The second-order valence-corrected chi connectivity index (χ2v) is 5.20. The summed E-state index contributed by atoms with van der Waals surface area (Å²) in [5.74, 6) is 0.819. The smallest absolute Gasteiger partial charge is 0.150 e. The predicted octanol–water partition coefficient (Wildman–Crippen LogP) is 0.570. The Morgan fingerprint density at radius 3 is 2.47 bits per heavy atom. The van der Waals surface area contributed by atoms with Gasteiger partial charge in [-0.3, -0.25) is 4.79 Å². The van der Waals surface area contributed by atoms with Crippen molar-refractivity contribution < 1.29 is 19.2 Å². The number of benzene rings is 1. The molecule has 2 rings (SSSR count). The highest BCUT2D eigenvalue weighted by Gasteiger charge is 2.25. The molecule has 1 N–H and O–H groups in total. The van der Waals surface area contributed by atoms with E-state index in [4.69, 9.17) is 9.47 Å². The fraction of sp³-hybridized carbons (Fsp3) is 0.533. The molecular formula is C15H22NO3+. The van der Waals surface area contributed by atoms with E-state index >= 15 is 0 Å². The molecule has 0 aliphatic carbocycles. The standard InChI is InChI=1S/C15H21NO3/c1-12-9-16(10-13(2)19-12)7-8-18-15-5-3-14(11-17)4-6-15/h3-6,11-13H,7-10H2,1-2H3/p+1/t12-,13+. The first-order valence-electron chi connectivity index (χ1n) is 6.84. The van der Waals surface area contributed by atoms with E-state index in [0.717, 1.165) is 31.7 Å². The van der Waals surface area contributed by atoms with Gasteiger partial charge in [-0.1, -0.05) is 0 Å². The monoisotopic (exact) mass is 264 g/mol. The molecular weight excluding hydrogens is 242 g/mol. The number of hydrogen-bond donors (Lipinski definition) is 1. The molecule has 0 bridgehead atoms. The Hall–Kier alpha value is -1.39. The fourth-order valence-electron chi connectivity index (χ4n) is 2.55. The van der Waals surface area contributed by atoms with E-state index in [2.05, 4.69) is 13.8 Å². The first-order chi connectivity index (χ1) is 9.17. The number of hydrogen-bond acceptors (Lipinski definition) is 3. The highest BCUT2D eigenvalue weighted by molar-refractivity contribution is 5.74. The first-order valence-corrected chi connectivity index (χ1v) is 6.84. The minimum absolute atomic E-state index is 0.325. The van der Waals surface area contributed by atoms with Crippen molar-refractivity contribution in [3.05, 3.63) is 29.8 Å². The SMILES string of the molecule is C[C@@H]1C[NH+](CCOc2ccc(C=O)cc2)C[C@H](C)O1. The Morgan fingerprint density at radius 1 is 1.26 bits per heavy atom. The molecule has 1 aliphatic heterocycles. The van der Waals surface area contributed by atoms with Crippen LogP contribution in [0.25, 0.3) is 0 Å². The van der Waals surface area contributed by atoms with Gasteiger partial charge in [0.25, 0.3) is 0 Å². The van der Waals surface area contributed by atoms with Gasteiger partial charge in [-0.2, -0.15) is 0 Å². The van der Waals surface area contributed by atoms with Crippen LogP contribution in [0.1, 0.15) is 24.2 Å². The van der Waals surface area contributed by atoms with E-state index < -0.39 is 0 Å². The Balaban J connectivity index is 1.74. The number of nitrogens with one attached hydrogen (secondary N) is 1. The third-order valence-electron chi connectivity index (χ3n) is 3.36. The predicted molar refractivity (Wildman–Crippen MR) is 72.9 cm³/mol. The number of quaternary nitrogens is 1. The molecule has 1 aliphatic rings. The van der Waals surface area contributed by atoms with Gasteiger partial charge in [0.05, 0.1) is 0 Å². The lowest BCUT2D eigenvalue weighted by Gasteiger charge is -2.32. The van der Waals surface area contributed by atoms with Gasteiger partial charge in [0.15, 0.2) is 0 Å². The summed E-state index contributed by atoms with van der Waals surface area (Å²) in [6.45, 7) is 7.99. The summed E-state index contributed by atoms with van der Waals surface area (Å²) in [6, 6.07) is 7.22. The molecule has 1 unspecified atom stereocenters. The lowest BCUT2D eigenvalue weighted by atomic mass is 10.2. The van der Waals surface area contributed by atoms with Crippen LogP contribution in [0.2, 0.25) is 0 Å². The average molecular weight is 264 g/mol. The molecule has 0 radical (unpaired) electrons. The van der Waals surface area contributed by atoms with E-state index in [0.29, 0.717) is 24.4 Å². The van der Waals surface area contributed by atoms with Crippen LogP contribution >= 0.6 is 0 Å². The molecule has 104 valence electrons. The number of aldehydes is 1.